The van der Waals surface area contributed by atoms with Crippen LogP contribution in [0.25, 0.3) is 0 Å². The van der Waals surface area contributed by atoms with Crippen molar-refractivity contribution in [2.24, 2.45) is 0 Å². The largest absolute Gasteiger partial charge is 0.496 e. The van der Waals surface area contributed by atoms with Crippen LogP contribution >= 0.6 is 11.6 Å². The lowest BCUT2D eigenvalue weighted by atomic mass is 10.1. The van der Waals surface area contributed by atoms with Crippen molar-refractivity contribution in [2.45, 2.75) is 13.0 Å². The van der Waals surface area contributed by atoms with E-state index in [0.29, 0.717) is 16.3 Å². The quantitative estimate of drug-likeness (QED) is 0.909. The van der Waals surface area contributed by atoms with E-state index in [9.17, 15) is 5.26 Å². The predicted molar refractivity (Wildman–Crippen MR) is 81.2 cm³/mol. The van der Waals surface area contributed by atoms with Crippen LogP contribution < -0.4 is 10.1 Å². The first-order chi connectivity index (χ1) is 9.65. The molecule has 0 aromatic heterocycles. The second-order valence-electron chi connectivity index (χ2n) is 4.43. The van der Waals surface area contributed by atoms with Gasteiger partial charge in [0, 0.05) is 11.3 Å². The number of benzene rings is 2. The van der Waals surface area contributed by atoms with Crippen molar-refractivity contribution in [1.82, 2.24) is 0 Å². The summed E-state index contributed by atoms with van der Waals surface area (Å²) in [6, 6.07) is 14.8. The Morgan fingerprint density at radius 3 is 2.65 bits per heavy atom. The number of aryl methyl sites for hydroxylation is 1. The smallest absolute Gasteiger partial charge is 0.145 e. The highest BCUT2D eigenvalue weighted by Crippen LogP contribution is 2.33. The maximum absolute atomic E-state index is 9.43. The lowest BCUT2D eigenvalue weighted by Crippen LogP contribution is -2.10. The van der Waals surface area contributed by atoms with Crippen molar-refractivity contribution in [1.29, 1.82) is 5.26 Å². The molecule has 0 aliphatic carbocycles. The number of anilines is 1. The van der Waals surface area contributed by atoms with Gasteiger partial charge in [0.25, 0.3) is 0 Å². The summed E-state index contributed by atoms with van der Waals surface area (Å²) >= 11 is 6.21. The van der Waals surface area contributed by atoms with Crippen molar-refractivity contribution in [3.8, 4) is 11.8 Å². The molecule has 0 heterocycles. The van der Waals surface area contributed by atoms with Gasteiger partial charge in [-0.15, -0.1) is 0 Å². The third-order valence-electron chi connectivity index (χ3n) is 2.98. The van der Waals surface area contributed by atoms with E-state index in [1.807, 2.05) is 31.2 Å². The fourth-order valence-electron chi connectivity index (χ4n) is 2.05. The van der Waals surface area contributed by atoms with E-state index >= 15 is 0 Å². The molecule has 2 aromatic carbocycles. The van der Waals surface area contributed by atoms with Gasteiger partial charge in [0.15, 0.2) is 0 Å². The number of ether oxygens (including phenoxy) is 1. The first kappa shape index (κ1) is 14.2. The van der Waals surface area contributed by atoms with E-state index < -0.39 is 6.04 Å². The molecular formula is C16H15ClN2O. The molecule has 0 saturated carbocycles. The van der Waals surface area contributed by atoms with E-state index in [-0.39, 0.29) is 0 Å². The molecule has 20 heavy (non-hydrogen) atoms. The number of nitriles is 1. The van der Waals surface area contributed by atoms with Gasteiger partial charge in [-0.3, -0.25) is 0 Å². The van der Waals surface area contributed by atoms with Crippen LogP contribution in [-0.2, 0) is 0 Å². The Morgan fingerprint density at radius 2 is 2.00 bits per heavy atom. The zero-order chi connectivity index (χ0) is 14.5. The van der Waals surface area contributed by atoms with Crippen LogP contribution in [0.4, 0.5) is 5.69 Å². The minimum Gasteiger partial charge on any atom is -0.496 e. The molecular weight excluding hydrogens is 272 g/mol. The highest BCUT2D eigenvalue weighted by Gasteiger charge is 2.19. The predicted octanol–water partition coefficient (Wildman–Crippen LogP) is 4.33. The monoisotopic (exact) mass is 286 g/mol. The van der Waals surface area contributed by atoms with Gasteiger partial charge in [0.1, 0.15) is 11.8 Å². The molecule has 4 heteroatoms. The zero-order valence-corrected chi connectivity index (χ0v) is 12.1. The van der Waals surface area contributed by atoms with E-state index in [1.165, 1.54) is 0 Å². The number of nitrogens with zero attached hydrogens (tertiary/aromatic N) is 1. The van der Waals surface area contributed by atoms with Crippen molar-refractivity contribution in [3.05, 3.63) is 58.6 Å². The first-order valence-corrected chi connectivity index (χ1v) is 6.58. The Hall–Kier alpha value is -2.18. The molecule has 3 nitrogen and oxygen atoms in total. The summed E-state index contributed by atoms with van der Waals surface area (Å²) in [5.74, 6) is 0.601. The second kappa shape index (κ2) is 6.31. The molecule has 0 amide bonds. The van der Waals surface area contributed by atoms with Crippen LogP contribution in [0, 0.1) is 18.3 Å². The molecule has 0 saturated heterocycles. The Kier molecular flexibility index (Phi) is 4.49. The number of rotatable bonds is 4. The Morgan fingerprint density at radius 1 is 1.25 bits per heavy atom. The van der Waals surface area contributed by atoms with E-state index in [0.717, 1.165) is 11.3 Å². The van der Waals surface area contributed by atoms with Crippen molar-refractivity contribution < 1.29 is 4.74 Å². The van der Waals surface area contributed by atoms with E-state index in [1.54, 1.807) is 25.3 Å². The molecule has 0 fully saturated rings. The zero-order valence-electron chi connectivity index (χ0n) is 11.4. The Bertz CT molecular complexity index is 649. The molecule has 2 aromatic rings. The summed E-state index contributed by atoms with van der Waals surface area (Å²) in [6.07, 6.45) is 0. The van der Waals surface area contributed by atoms with Gasteiger partial charge in [-0.05, 0) is 36.8 Å². The third-order valence-corrected chi connectivity index (χ3v) is 3.31. The van der Waals surface area contributed by atoms with Crippen LogP contribution in [-0.4, -0.2) is 7.11 Å². The number of hydrogen-bond acceptors (Lipinski definition) is 3. The molecule has 0 aliphatic rings. The summed E-state index contributed by atoms with van der Waals surface area (Å²) in [4.78, 5) is 0. The second-order valence-corrected chi connectivity index (χ2v) is 4.84. The minimum absolute atomic E-state index is 0.510. The SMILES string of the molecule is COc1cccc(Cl)c1C(C#N)Nc1cccc(C)c1. The number of methoxy groups -OCH3 is 1. The Labute approximate surface area is 123 Å². The molecule has 0 aliphatic heterocycles. The van der Waals surface area contributed by atoms with Gasteiger partial charge in [0.05, 0.1) is 18.2 Å². The molecule has 2 rings (SSSR count). The van der Waals surface area contributed by atoms with Gasteiger partial charge in [-0.2, -0.15) is 5.26 Å². The average molecular weight is 287 g/mol. The summed E-state index contributed by atoms with van der Waals surface area (Å²) in [6.45, 7) is 2.00. The van der Waals surface area contributed by atoms with Gasteiger partial charge in [-0.25, -0.2) is 0 Å². The van der Waals surface area contributed by atoms with Crippen molar-refractivity contribution >= 4 is 17.3 Å². The molecule has 1 N–H and O–H groups in total. The van der Waals surface area contributed by atoms with Crippen LogP contribution in [0.15, 0.2) is 42.5 Å². The molecule has 1 atom stereocenters. The van der Waals surface area contributed by atoms with Crippen LogP contribution in [0.2, 0.25) is 5.02 Å². The highest BCUT2D eigenvalue weighted by atomic mass is 35.5. The average Bonchev–Trinajstić information content (AvgIpc) is 2.45. The minimum atomic E-state index is -0.569. The number of nitrogens with one attached hydrogen (secondary N) is 1. The van der Waals surface area contributed by atoms with Crippen LogP contribution in [0.3, 0.4) is 0 Å². The van der Waals surface area contributed by atoms with Crippen molar-refractivity contribution in [2.75, 3.05) is 12.4 Å². The number of hydrogen-bond donors (Lipinski definition) is 1. The van der Waals surface area contributed by atoms with Crippen LogP contribution in [0.1, 0.15) is 17.2 Å². The van der Waals surface area contributed by atoms with Gasteiger partial charge in [0.2, 0.25) is 0 Å². The summed E-state index contributed by atoms with van der Waals surface area (Å²) in [5.41, 5.74) is 2.65. The lowest BCUT2D eigenvalue weighted by Gasteiger charge is -2.17. The lowest BCUT2D eigenvalue weighted by molar-refractivity contribution is 0.409. The van der Waals surface area contributed by atoms with Crippen LogP contribution in [0.5, 0.6) is 5.75 Å². The molecule has 0 radical (unpaired) electrons. The number of halogens is 1. The molecule has 0 spiro atoms. The standard InChI is InChI=1S/C16H15ClN2O/c1-11-5-3-6-12(9-11)19-14(10-18)16-13(17)7-4-8-15(16)20-2/h3-9,14,19H,1-2H3. The fraction of sp³-hybridized carbons (Fsp3) is 0.188. The third kappa shape index (κ3) is 3.04. The molecule has 102 valence electrons. The Balaban J connectivity index is 2.37. The van der Waals surface area contributed by atoms with Gasteiger partial charge >= 0.3 is 0 Å². The molecule has 1 unspecified atom stereocenters. The summed E-state index contributed by atoms with van der Waals surface area (Å²) in [5, 5.41) is 13.1. The van der Waals surface area contributed by atoms with E-state index in [4.69, 9.17) is 16.3 Å². The molecule has 0 bridgehead atoms. The summed E-state index contributed by atoms with van der Waals surface area (Å²) in [7, 11) is 1.57. The maximum Gasteiger partial charge on any atom is 0.145 e. The topological polar surface area (TPSA) is 45.0 Å². The fourth-order valence-corrected chi connectivity index (χ4v) is 2.32. The van der Waals surface area contributed by atoms with E-state index in [2.05, 4.69) is 11.4 Å². The highest BCUT2D eigenvalue weighted by molar-refractivity contribution is 6.31. The first-order valence-electron chi connectivity index (χ1n) is 6.21. The van der Waals surface area contributed by atoms with Crippen molar-refractivity contribution in [3.63, 3.8) is 0 Å². The van der Waals surface area contributed by atoms with Gasteiger partial charge in [-0.1, -0.05) is 29.8 Å². The summed E-state index contributed by atoms with van der Waals surface area (Å²) < 4.78 is 5.29. The normalized spacial score (nSPS) is 11.5. The maximum atomic E-state index is 9.43. The van der Waals surface area contributed by atoms with Gasteiger partial charge < -0.3 is 10.1 Å².